The van der Waals surface area contributed by atoms with Gasteiger partial charge in [-0.25, -0.2) is 9.97 Å². The monoisotopic (exact) mass is 433 g/mol. The molecule has 7 heteroatoms. The van der Waals surface area contributed by atoms with Gasteiger partial charge in [-0.1, -0.05) is 35.9 Å². The van der Waals surface area contributed by atoms with Gasteiger partial charge in [-0.3, -0.25) is 10.1 Å². The standard InChI is InChI=1S/C26H23N7/c1-2-6-17(7-3-1)12-27-13-18-10-19(15-28-14-18)20-11-21-24(32-33-25(21)29-16-20)26-30-22-8-4-5-9-23(22)31-26/h1-2,4-6,8-11,14-16,27H,3,7,12-13H2,(H,30,31)(H,29,32,33). The molecule has 0 aliphatic heterocycles. The fraction of sp³-hybridized carbons (Fsp3) is 0.154. The first kappa shape index (κ1) is 19.6. The lowest BCUT2D eigenvalue weighted by atomic mass is 10.0. The number of hydrogen-bond donors (Lipinski definition) is 3. The summed E-state index contributed by atoms with van der Waals surface area (Å²) in [6.45, 7) is 1.67. The number of rotatable bonds is 6. The van der Waals surface area contributed by atoms with Gasteiger partial charge in [0.25, 0.3) is 0 Å². The van der Waals surface area contributed by atoms with Crippen molar-refractivity contribution in [1.82, 2.24) is 35.5 Å². The highest BCUT2D eigenvalue weighted by Crippen LogP contribution is 2.29. The number of fused-ring (bicyclic) bond motifs is 2. The number of aromatic nitrogens is 6. The Labute approximate surface area is 190 Å². The Morgan fingerprint density at radius 3 is 2.85 bits per heavy atom. The van der Waals surface area contributed by atoms with Crippen LogP contribution in [0.1, 0.15) is 18.4 Å². The lowest BCUT2D eigenvalue weighted by molar-refractivity contribution is 0.713. The second kappa shape index (κ2) is 8.44. The minimum Gasteiger partial charge on any atom is -0.337 e. The zero-order valence-electron chi connectivity index (χ0n) is 18.0. The van der Waals surface area contributed by atoms with Crippen molar-refractivity contribution in [3.63, 3.8) is 0 Å². The summed E-state index contributed by atoms with van der Waals surface area (Å²) in [5.41, 5.74) is 8.01. The molecule has 1 aliphatic carbocycles. The highest BCUT2D eigenvalue weighted by atomic mass is 15.2. The van der Waals surface area contributed by atoms with Gasteiger partial charge in [0.05, 0.1) is 16.4 Å². The van der Waals surface area contributed by atoms with Crippen LogP contribution in [0, 0.1) is 0 Å². The summed E-state index contributed by atoms with van der Waals surface area (Å²) in [5, 5.41) is 11.9. The van der Waals surface area contributed by atoms with E-state index in [0.717, 1.165) is 70.6 Å². The Hall–Kier alpha value is -4.10. The molecule has 6 rings (SSSR count). The molecular formula is C26H23N7. The van der Waals surface area contributed by atoms with Crippen LogP contribution < -0.4 is 5.32 Å². The van der Waals surface area contributed by atoms with Gasteiger partial charge in [-0.2, -0.15) is 5.10 Å². The molecule has 0 atom stereocenters. The van der Waals surface area contributed by atoms with E-state index in [-0.39, 0.29) is 0 Å². The highest BCUT2D eigenvalue weighted by Gasteiger charge is 2.14. The number of hydrogen-bond acceptors (Lipinski definition) is 5. The summed E-state index contributed by atoms with van der Waals surface area (Å²) < 4.78 is 0. The number of imidazole rings is 1. The fourth-order valence-electron chi connectivity index (χ4n) is 4.22. The van der Waals surface area contributed by atoms with Crippen molar-refractivity contribution >= 4 is 22.1 Å². The minimum absolute atomic E-state index is 0.662. The van der Waals surface area contributed by atoms with Gasteiger partial charge in [0.2, 0.25) is 0 Å². The van der Waals surface area contributed by atoms with E-state index < -0.39 is 0 Å². The molecule has 0 unspecified atom stereocenters. The lowest BCUT2D eigenvalue weighted by Crippen LogP contribution is -2.17. The zero-order valence-corrected chi connectivity index (χ0v) is 18.0. The lowest BCUT2D eigenvalue weighted by Gasteiger charge is -2.11. The van der Waals surface area contributed by atoms with E-state index >= 15 is 0 Å². The number of allylic oxidation sites excluding steroid dienone is 3. The summed E-state index contributed by atoms with van der Waals surface area (Å²) in [5.74, 6) is 0.751. The first-order valence-electron chi connectivity index (χ1n) is 11.1. The molecule has 0 radical (unpaired) electrons. The molecule has 0 saturated carbocycles. The topological polar surface area (TPSA) is 95.2 Å². The third-order valence-electron chi connectivity index (χ3n) is 5.95. The Balaban J connectivity index is 1.27. The van der Waals surface area contributed by atoms with E-state index in [9.17, 15) is 0 Å². The summed E-state index contributed by atoms with van der Waals surface area (Å²) >= 11 is 0. The maximum absolute atomic E-state index is 4.71. The average Bonchev–Trinajstić information content (AvgIpc) is 3.48. The van der Waals surface area contributed by atoms with Gasteiger partial charge in [0, 0.05) is 42.8 Å². The van der Waals surface area contributed by atoms with Gasteiger partial charge in [-0.05, 0) is 42.7 Å². The van der Waals surface area contributed by atoms with Crippen molar-refractivity contribution < 1.29 is 0 Å². The van der Waals surface area contributed by atoms with Crippen molar-refractivity contribution in [2.45, 2.75) is 19.4 Å². The summed E-state index contributed by atoms with van der Waals surface area (Å²) in [6.07, 6.45) is 14.4. The third-order valence-corrected chi connectivity index (χ3v) is 5.95. The van der Waals surface area contributed by atoms with Gasteiger partial charge in [0.1, 0.15) is 5.69 Å². The van der Waals surface area contributed by atoms with Crippen molar-refractivity contribution in [3.8, 4) is 22.6 Å². The van der Waals surface area contributed by atoms with Crippen molar-refractivity contribution in [3.05, 3.63) is 84.4 Å². The summed E-state index contributed by atoms with van der Waals surface area (Å²) in [4.78, 5) is 17.1. The first-order valence-corrected chi connectivity index (χ1v) is 11.1. The van der Waals surface area contributed by atoms with E-state index in [1.54, 1.807) is 0 Å². The van der Waals surface area contributed by atoms with Crippen molar-refractivity contribution in [2.24, 2.45) is 0 Å². The molecule has 4 heterocycles. The smallest absolute Gasteiger partial charge is 0.181 e. The normalized spacial score (nSPS) is 13.6. The number of nitrogens with one attached hydrogen (secondary N) is 3. The zero-order chi connectivity index (χ0) is 22.0. The molecule has 4 aromatic heterocycles. The molecule has 33 heavy (non-hydrogen) atoms. The van der Waals surface area contributed by atoms with Crippen LogP contribution in [0.5, 0.6) is 0 Å². The van der Waals surface area contributed by atoms with E-state index in [1.807, 2.05) is 42.9 Å². The van der Waals surface area contributed by atoms with Crippen LogP contribution in [0.2, 0.25) is 0 Å². The van der Waals surface area contributed by atoms with E-state index in [0.29, 0.717) is 5.65 Å². The predicted octanol–water partition coefficient (Wildman–Crippen LogP) is 4.93. The second-order valence-corrected chi connectivity index (χ2v) is 8.27. The van der Waals surface area contributed by atoms with Crippen LogP contribution in [-0.2, 0) is 6.54 Å². The second-order valence-electron chi connectivity index (χ2n) is 8.27. The molecule has 0 saturated heterocycles. The summed E-state index contributed by atoms with van der Waals surface area (Å²) in [6, 6.07) is 12.2. The molecule has 0 amide bonds. The Kier molecular flexibility index (Phi) is 5.01. The van der Waals surface area contributed by atoms with Crippen molar-refractivity contribution in [1.29, 1.82) is 0 Å². The van der Waals surface area contributed by atoms with Crippen LogP contribution in [0.3, 0.4) is 0 Å². The number of pyridine rings is 2. The average molecular weight is 434 g/mol. The molecule has 0 bridgehead atoms. The fourth-order valence-corrected chi connectivity index (χ4v) is 4.22. The van der Waals surface area contributed by atoms with Crippen molar-refractivity contribution in [2.75, 3.05) is 6.54 Å². The molecule has 3 N–H and O–H groups in total. The molecule has 5 aromatic rings. The molecule has 0 spiro atoms. The number of aromatic amines is 2. The SMILES string of the molecule is C1=CCCC(CNCc2cncc(-c3cnc4n[nH]c(-c5nc6ccccc6[nH]5)c4c3)c2)=C1. The van der Waals surface area contributed by atoms with Crippen LogP contribution in [-0.4, -0.2) is 36.7 Å². The molecule has 1 aliphatic rings. The Bertz CT molecular complexity index is 1470. The quantitative estimate of drug-likeness (QED) is 0.353. The maximum atomic E-state index is 4.71. The highest BCUT2D eigenvalue weighted by molar-refractivity contribution is 5.93. The van der Waals surface area contributed by atoms with Gasteiger partial charge in [0.15, 0.2) is 11.5 Å². The number of H-pyrrole nitrogens is 2. The number of nitrogens with zero attached hydrogens (tertiary/aromatic N) is 4. The Morgan fingerprint density at radius 2 is 1.94 bits per heavy atom. The van der Waals surface area contributed by atoms with E-state index in [2.05, 4.69) is 60.8 Å². The van der Waals surface area contributed by atoms with Gasteiger partial charge in [-0.15, -0.1) is 0 Å². The molecule has 0 fully saturated rings. The van der Waals surface area contributed by atoms with Gasteiger partial charge < -0.3 is 10.3 Å². The molecule has 7 nitrogen and oxygen atoms in total. The Morgan fingerprint density at radius 1 is 1.00 bits per heavy atom. The van der Waals surface area contributed by atoms with E-state index in [1.165, 1.54) is 5.57 Å². The minimum atomic E-state index is 0.662. The van der Waals surface area contributed by atoms with Crippen LogP contribution in [0.25, 0.3) is 44.7 Å². The third kappa shape index (κ3) is 3.94. The number of para-hydroxylation sites is 2. The van der Waals surface area contributed by atoms with Crippen LogP contribution in [0.4, 0.5) is 0 Å². The van der Waals surface area contributed by atoms with Crippen LogP contribution >= 0.6 is 0 Å². The van der Waals surface area contributed by atoms with Gasteiger partial charge >= 0.3 is 0 Å². The number of benzene rings is 1. The van der Waals surface area contributed by atoms with Crippen LogP contribution in [0.15, 0.2) is 78.8 Å². The first-order chi connectivity index (χ1) is 16.3. The van der Waals surface area contributed by atoms with E-state index in [4.69, 9.17) is 4.98 Å². The predicted molar refractivity (Wildman–Crippen MR) is 130 cm³/mol. The molecular weight excluding hydrogens is 410 g/mol. The molecule has 1 aromatic carbocycles. The molecule has 162 valence electrons. The maximum Gasteiger partial charge on any atom is 0.181 e. The largest absolute Gasteiger partial charge is 0.337 e. The summed E-state index contributed by atoms with van der Waals surface area (Å²) in [7, 11) is 0.